The number of hydrogen-bond donors (Lipinski definition) is 3. The molecule has 4 aliphatic heterocycles. The van der Waals surface area contributed by atoms with Crippen LogP contribution in [-0.4, -0.2) is 108 Å². The quantitative estimate of drug-likeness (QED) is 0.0920. The van der Waals surface area contributed by atoms with Crippen LogP contribution in [0.25, 0.3) is 22.0 Å². The van der Waals surface area contributed by atoms with E-state index >= 15 is 17.6 Å². The van der Waals surface area contributed by atoms with Gasteiger partial charge < -0.3 is 30.3 Å². The van der Waals surface area contributed by atoms with Crippen LogP contribution in [-0.2, 0) is 22.2 Å². The fourth-order valence-corrected chi connectivity index (χ4v) is 12.6. The summed E-state index contributed by atoms with van der Waals surface area (Å²) >= 11 is 6.70. The van der Waals surface area contributed by atoms with E-state index in [1.807, 2.05) is 42.2 Å². The number of nitrogens with zero attached hydrogens (tertiary/aromatic N) is 5. The van der Waals surface area contributed by atoms with Crippen molar-refractivity contribution in [2.45, 2.75) is 107 Å². The van der Waals surface area contributed by atoms with E-state index in [-0.39, 0.29) is 88.5 Å². The Kier molecular flexibility index (Phi) is 15.0. The van der Waals surface area contributed by atoms with Crippen LogP contribution in [0.4, 0.5) is 37.0 Å². The third kappa shape index (κ3) is 9.84. The highest BCUT2D eigenvalue weighted by Crippen LogP contribution is 2.57. The average molecular weight is 1080 g/mol. The molecule has 0 spiro atoms. The van der Waals surface area contributed by atoms with E-state index in [0.29, 0.717) is 70.3 Å². The van der Waals surface area contributed by atoms with Gasteiger partial charge in [-0.1, -0.05) is 48.9 Å². The lowest BCUT2D eigenvalue weighted by Crippen LogP contribution is -2.51. The van der Waals surface area contributed by atoms with Gasteiger partial charge in [0.25, 0.3) is 0 Å². The molecule has 0 radical (unpaired) electrons. The van der Waals surface area contributed by atoms with Gasteiger partial charge in [0.2, 0.25) is 24.1 Å². The van der Waals surface area contributed by atoms with E-state index in [0.717, 1.165) is 30.5 Å². The summed E-state index contributed by atoms with van der Waals surface area (Å²) in [5.74, 6) is -6.20. The molecule has 21 heteroatoms. The van der Waals surface area contributed by atoms with Gasteiger partial charge in [-0.3, -0.25) is 29.3 Å². The Balaban J connectivity index is 0.760. The Labute approximate surface area is 440 Å². The van der Waals surface area contributed by atoms with E-state index in [9.17, 15) is 28.0 Å². The minimum absolute atomic E-state index is 0.0140. The number of anilines is 1. The van der Waals surface area contributed by atoms with Crippen molar-refractivity contribution >= 4 is 52.1 Å². The molecule has 2 atom stereocenters. The maximum Gasteiger partial charge on any atom is 0.329 e. The normalized spacial score (nSPS) is 22.8. The molecule has 14 nitrogen and oxygen atoms in total. The number of primary amides is 1. The zero-order valence-electron chi connectivity index (χ0n) is 42.1. The minimum atomic E-state index is -2.70. The summed E-state index contributed by atoms with van der Waals surface area (Å²) in [6, 6.07) is 13.5. The van der Waals surface area contributed by atoms with Crippen molar-refractivity contribution in [1.82, 2.24) is 30.2 Å². The van der Waals surface area contributed by atoms with Gasteiger partial charge in [0.15, 0.2) is 28.8 Å². The number of hydrogen-bond acceptors (Lipinski definition) is 9. The number of carbonyl (C=O) groups is 4. The largest absolute Gasteiger partial charge is 0.490 e. The second-order valence-electron chi connectivity index (χ2n) is 20.7. The first-order chi connectivity index (χ1) is 36.4. The van der Waals surface area contributed by atoms with Gasteiger partial charge in [-0.05, 0) is 94.1 Å². The number of ether oxygens (including phenoxy) is 2. The molecule has 4 N–H and O–H groups in total. The van der Waals surface area contributed by atoms with E-state index in [4.69, 9.17) is 26.8 Å². The number of nitrogens with two attached hydrogens (primary N) is 1. The predicted molar refractivity (Wildman–Crippen MR) is 272 cm³/mol. The number of piperidine rings is 2. The highest BCUT2D eigenvalue weighted by molar-refractivity contribution is 6.34. The Morgan fingerprint density at radius 1 is 0.895 bits per heavy atom. The SMILES string of the molecule is CC1c2c(cc(F)c(Cl)c2-c2c(C(N)=O)ccc(OCCC(F)F)c2F)OC1(CNC1CCC(C(=O)N2CCC(N3CCC(c4c(F)cc5c(N6CCC(=O)NC6=O)nn(C)c5c4F)CC3)CC2)CC1)c1ccccc1. The lowest BCUT2D eigenvalue weighted by molar-refractivity contribution is -0.138. The van der Waals surface area contributed by atoms with Crippen LogP contribution in [0.3, 0.4) is 0 Å². The van der Waals surface area contributed by atoms with Gasteiger partial charge in [0.1, 0.15) is 22.9 Å². The van der Waals surface area contributed by atoms with E-state index in [1.54, 1.807) is 7.05 Å². The average Bonchev–Trinajstić information content (AvgIpc) is 3.92. The molecule has 3 saturated heterocycles. The molecule has 10 rings (SSSR count). The third-order valence-electron chi connectivity index (χ3n) is 16.4. The van der Waals surface area contributed by atoms with Gasteiger partial charge >= 0.3 is 6.03 Å². The van der Waals surface area contributed by atoms with E-state index in [1.165, 1.54) is 21.7 Å². The number of aromatic nitrogens is 2. The third-order valence-corrected chi connectivity index (χ3v) is 16.8. The minimum Gasteiger partial charge on any atom is -0.490 e. The number of likely N-dealkylation sites (tertiary alicyclic amines) is 2. The van der Waals surface area contributed by atoms with Crippen molar-refractivity contribution in [2.24, 2.45) is 18.7 Å². The number of alkyl halides is 2. The standard InChI is InChI=1S/C55H59ClF6N8O6/c1-29-43-40(27-38(58)47(56)46(43)45-35(51(63)72)12-13-39(48(45)61)75-25-19-41(59)60)76-55(29,32-6-4-3-5-7-32)28-64-33-10-8-31(9-11-33)53(73)69-22-16-34(17-23-69)68-20-14-30(15-21-68)44-37(57)26-36-50(49(44)62)67(2)66-52(36)70-24-18-42(71)65-54(70)74/h3-7,12-13,26-27,29-31,33-34,41,64H,8-11,14-25,28H2,1-2H3,(H2,63,72)(H,65,71,74). The number of urea groups is 1. The molecule has 4 aromatic carbocycles. The fraction of sp³-hybridized carbons (Fsp3) is 0.473. The smallest absolute Gasteiger partial charge is 0.329 e. The molecule has 5 amide bonds. The number of nitrogens with one attached hydrogen (secondary N) is 2. The summed E-state index contributed by atoms with van der Waals surface area (Å²) in [6.45, 7) is 4.10. The van der Waals surface area contributed by atoms with Crippen molar-refractivity contribution < 1.29 is 55.0 Å². The van der Waals surface area contributed by atoms with Crippen molar-refractivity contribution in [3.63, 3.8) is 0 Å². The van der Waals surface area contributed by atoms with E-state index in [2.05, 4.69) is 20.6 Å². The van der Waals surface area contributed by atoms with Gasteiger partial charge in [-0.2, -0.15) is 5.10 Å². The Morgan fingerprint density at radius 3 is 2.28 bits per heavy atom. The Bertz CT molecular complexity index is 3070. The highest BCUT2D eigenvalue weighted by atomic mass is 35.5. The molecule has 76 heavy (non-hydrogen) atoms. The second kappa shape index (κ2) is 21.6. The molecule has 4 fully saturated rings. The van der Waals surface area contributed by atoms with Crippen LogP contribution in [0.15, 0.2) is 54.6 Å². The first kappa shape index (κ1) is 53.0. The topological polar surface area (TPSA) is 164 Å². The number of carbonyl (C=O) groups excluding carboxylic acids is 4. The van der Waals surface area contributed by atoms with Gasteiger partial charge in [0, 0.05) is 98.3 Å². The van der Waals surface area contributed by atoms with E-state index < -0.39 is 88.4 Å². The summed E-state index contributed by atoms with van der Waals surface area (Å²) in [5, 5.41) is 9.94. The van der Waals surface area contributed by atoms with Gasteiger partial charge in [-0.25, -0.2) is 31.1 Å². The summed E-state index contributed by atoms with van der Waals surface area (Å²) in [6.07, 6.45) is 2.03. The fourth-order valence-electron chi connectivity index (χ4n) is 12.4. The monoisotopic (exact) mass is 1080 g/mol. The number of benzene rings is 4. The second-order valence-corrected chi connectivity index (χ2v) is 21.1. The number of aryl methyl sites for hydroxylation is 1. The predicted octanol–water partition coefficient (Wildman–Crippen LogP) is 9.44. The van der Waals surface area contributed by atoms with Crippen LogP contribution in [0.1, 0.15) is 110 Å². The molecule has 5 heterocycles. The summed E-state index contributed by atoms with van der Waals surface area (Å²) in [7, 11) is 1.55. The maximum absolute atomic E-state index is 16.6. The molecular formula is C55H59ClF6N8O6. The molecule has 1 aliphatic carbocycles. The summed E-state index contributed by atoms with van der Waals surface area (Å²) < 4.78 is 104. The lowest BCUT2D eigenvalue weighted by atomic mass is 9.77. The Hall–Kier alpha value is -6.38. The maximum atomic E-state index is 16.6. The Morgan fingerprint density at radius 2 is 1.61 bits per heavy atom. The van der Waals surface area contributed by atoms with Crippen LogP contribution < -0.4 is 30.7 Å². The molecular weight excluding hydrogens is 1020 g/mol. The summed E-state index contributed by atoms with van der Waals surface area (Å²) in [5.41, 5.74) is 4.80. The van der Waals surface area contributed by atoms with Crippen LogP contribution in [0.5, 0.6) is 11.5 Å². The van der Waals surface area contributed by atoms with Crippen LogP contribution in [0.2, 0.25) is 5.02 Å². The number of rotatable bonds is 14. The lowest BCUT2D eigenvalue weighted by Gasteiger charge is -2.43. The molecule has 0 bridgehead atoms. The molecule has 5 aromatic rings. The van der Waals surface area contributed by atoms with Crippen molar-refractivity contribution in [1.29, 1.82) is 0 Å². The molecule has 5 aliphatic rings. The van der Waals surface area contributed by atoms with Crippen molar-refractivity contribution in [3.8, 4) is 22.6 Å². The first-order valence-corrected chi connectivity index (χ1v) is 26.4. The molecule has 1 aromatic heterocycles. The molecule has 404 valence electrons. The number of fused-ring (bicyclic) bond motifs is 2. The number of amides is 5. The van der Waals surface area contributed by atoms with Crippen LogP contribution >= 0.6 is 11.6 Å². The van der Waals surface area contributed by atoms with Crippen molar-refractivity contribution in [2.75, 3.05) is 50.8 Å². The molecule has 1 saturated carbocycles. The number of halogens is 7. The van der Waals surface area contributed by atoms with Gasteiger partial charge in [-0.15, -0.1) is 0 Å². The van der Waals surface area contributed by atoms with Crippen LogP contribution in [0, 0.1) is 29.2 Å². The van der Waals surface area contributed by atoms with Gasteiger partial charge in [0.05, 0.1) is 22.6 Å². The highest BCUT2D eigenvalue weighted by Gasteiger charge is 2.50. The van der Waals surface area contributed by atoms with Crippen molar-refractivity contribution in [3.05, 3.63) is 105 Å². The zero-order valence-corrected chi connectivity index (χ0v) is 42.8. The summed E-state index contributed by atoms with van der Waals surface area (Å²) in [4.78, 5) is 56.7. The first-order valence-electron chi connectivity index (χ1n) is 26.0. The zero-order chi connectivity index (χ0) is 53.7. The molecule has 2 unspecified atom stereocenters. The number of imide groups is 1.